The molecule has 0 aliphatic carbocycles. The Bertz CT molecular complexity index is 566. The van der Waals surface area contributed by atoms with Gasteiger partial charge in [0.1, 0.15) is 0 Å². The topological polar surface area (TPSA) is 29.9 Å². The second-order valence-corrected chi connectivity index (χ2v) is 4.84. The standard InChI is InChI=1S/C15H19F2N3/c1-3-18-15(7-4-11-9-19-20(2)10-11)12-5-6-13(16)14(17)8-12/h5-6,8-10,15,18H,3-4,7H2,1-2H3. The predicted molar refractivity (Wildman–Crippen MR) is 74.3 cm³/mol. The molecule has 0 amide bonds. The van der Waals surface area contributed by atoms with Crippen LogP contribution in [-0.2, 0) is 13.5 Å². The van der Waals surface area contributed by atoms with Crippen molar-refractivity contribution in [2.75, 3.05) is 6.54 Å². The van der Waals surface area contributed by atoms with Crippen molar-refractivity contribution in [1.29, 1.82) is 0 Å². The van der Waals surface area contributed by atoms with Crippen LogP contribution in [0.4, 0.5) is 8.78 Å². The van der Waals surface area contributed by atoms with E-state index >= 15 is 0 Å². The Morgan fingerprint density at radius 2 is 2.10 bits per heavy atom. The van der Waals surface area contributed by atoms with Gasteiger partial charge in [-0.2, -0.15) is 5.10 Å². The van der Waals surface area contributed by atoms with Crippen molar-refractivity contribution >= 4 is 0 Å². The quantitative estimate of drug-likeness (QED) is 0.881. The summed E-state index contributed by atoms with van der Waals surface area (Å²) in [6, 6.07) is 4.09. The first kappa shape index (κ1) is 14.7. The van der Waals surface area contributed by atoms with Crippen LogP contribution >= 0.6 is 0 Å². The summed E-state index contributed by atoms with van der Waals surface area (Å²) in [6.45, 7) is 2.77. The summed E-state index contributed by atoms with van der Waals surface area (Å²) >= 11 is 0. The van der Waals surface area contributed by atoms with E-state index in [9.17, 15) is 8.78 Å². The summed E-state index contributed by atoms with van der Waals surface area (Å²) < 4.78 is 28.1. The van der Waals surface area contributed by atoms with Gasteiger partial charge in [0.15, 0.2) is 11.6 Å². The fourth-order valence-electron chi connectivity index (χ4n) is 2.27. The highest BCUT2D eigenvalue weighted by atomic mass is 19.2. The third kappa shape index (κ3) is 3.63. The molecule has 1 aromatic heterocycles. The fourth-order valence-corrected chi connectivity index (χ4v) is 2.27. The molecule has 1 unspecified atom stereocenters. The molecule has 0 spiro atoms. The average molecular weight is 279 g/mol. The fraction of sp³-hybridized carbons (Fsp3) is 0.400. The van der Waals surface area contributed by atoms with Crippen LogP contribution < -0.4 is 5.32 Å². The predicted octanol–water partition coefficient (Wildman–Crippen LogP) is 2.98. The van der Waals surface area contributed by atoms with Crippen LogP contribution in [-0.4, -0.2) is 16.3 Å². The molecule has 1 aromatic carbocycles. The van der Waals surface area contributed by atoms with Crippen LogP contribution in [0.15, 0.2) is 30.6 Å². The Morgan fingerprint density at radius 1 is 1.30 bits per heavy atom. The minimum Gasteiger partial charge on any atom is -0.310 e. The van der Waals surface area contributed by atoms with Gasteiger partial charge in [0.2, 0.25) is 0 Å². The molecule has 0 radical (unpaired) electrons. The van der Waals surface area contributed by atoms with Gasteiger partial charge in [-0.1, -0.05) is 13.0 Å². The average Bonchev–Trinajstić information content (AvgIpc) is 2.84. The van der Waals surface area contributed by atoms with E-state index in [0.717, 1.165) is 30.5 Å². The highest BCUT2D eigenvalue weighted by Gasteiger charge is 2.13. The molecule has 1 heterocycles. The molecule has 0 bridgehead atoms. The van der Waals surface area contributed by atoms with Gasteiger partial charge in [0.25, 0.3) is 0 Å². The number of rotatable bonds is 6. The van der Waals surface area contributed by atoms with Crippen LogP contribution in [0.5, 0.6) is 0 Å². The van der Waals surface area contributed by atoms with E-state index in [1.807, 2.05) is 26.4 Å². The zero-order valence-electron chi connectivity index (χ0n) is 11.7. The van der Waals surface area contributed by atoms with Gasteiger partial charge in [0.05, 0.1) is 6.20 Å². The molecule has 0 aliphatic heterocycles. The summed E-state index contributed by atoms with van der Waals surface area (Å²) in [5.41, 5.74) is 1.91. The Morgan fingerprint density at radius 3 is 2.70 bits per heavy atom. The minimum atomic E-state index is -0.809. The molecule has 20 heavy (non-hydrogen) atoms. The summed E-state index contributed by atoms with van der Waals surface area (Å²) in [7, 11) is 1.88. The third-order valence-corrected chi connectivity index (χ3v) is 3.28. The first-order valence-corrected chi connectivity index (χ1v) is 6.76. The Kier molecular flexibility index (Phi) is 4.84. The van der Waals surface area contributed by atoms with Crippen molar-refractivity contribution in [3.05, 3.63) is 53.4 Å². The molecule has 5 heteroatoms. The maximum absolute atomic E-state index is 13.3. The molecule has 3 nitrogen and oxygen atoms in total. The van der Waals surface area contributed by atoms with Gasteiger partial charge in [0, 0.05) is 19.3 Å². The largest absolute Gasteiger partial charge is 0.310 e. The van der Waals surface area contributed by atoms with Crippen molar-refractivity contribution in [2.45, 2.75) is 25.8 Å². The van der Waals surface area contributed by atoms with E-state index in [2.05, 4.69) is 10.4 Å². The number of hydrogen-bond donors (Lipinski definition) is 1. The zero-order chi connectivity index (χ0) is 14.5. The Labute approximate surface area is 117 Å². The first-order chi connectivity index (χ1) is 9.60. The normalized spacial score (nSPS) is 12.6. The van der Waals surface area contributed by atoms with Crippen molar-refractivity contribution in [3.63, 3.8) is 0 Å². The second-order valence-electron chi connectivity index (χ2n) is 4.84. The van der Waals surface area contributed by atoms with Gasteiger partial charge in [-0.3, -0.25) is 4.68 Å². The highest BCUT2D eigenvalue weighted by Crippen LogP contribution is 2.21. The van der Waals surface area contributed by atoms with Gasteiger partial charge >= 0.3 is 0 Å². The van der Waals surface area contributed by atoms with Crippen LogP contribution in [0.25, 0.3) is 0 Å². The minimum absolute atomic E-state index is 0.00954. The number of aryl methyl sites for hydroxylation is 2. The summed E-state index contributed by atoms with van der Waals surface area (Å²) in [5.74, 6) is -1.61. The van der Waals surface area contributed by atoms with Gasteiger partial charge in [-0.15, -0.1) is 0 Å². The SMILES string of the molecule is CCNC(CCc1cnn(C)c1)c1ccc(F)c(F)c1. The van der Waals surface area contributed by atoms with Crippen molar-refractivity contribution in [1.82, 2.24) is 15.1 Å². The lowest BCUT2D eigenvalue weighted by Crippen LogP contribution is -2.21. The molecule has 1 atom stereocenters. The van der Waals surface area contributed by atoms with E-state index in [1.54, 1.807) is 10.7 Å². The lowest BCUT2D eigenvalue weighted by Gasteiger charge is -2.18. The molecule has 108 valence electrons. The van der Waals surface area contributed by atoms with Crippen LogP contribution in [0.1, 0.15) is 30.5 Å². The number of nitrogens with zero attached hydrogens (tertiary/aromatic N) is 2. The maximum atomic E-state index is 13.3. The second kappa shape index (κ2) is 6.61. The molecule has 0 saturated heterocycles. The molecule has 1 N–H and O–H groups in total. The summed E-state index contributed by atoms with van der Waals surface area (Å²) in [4.78, 5) is 0. The zero-order valence-corrected chi connectivity index (χ0v) is 11.7. The molecular weight excluding hydrogens is 260 g/mol. The molecule has 2 rings (SSSR count). The van der Waals surface area contributed by atoms with E-state index in [1.165, 1.54) is 12.1 Å². The molecule has 0 fully saturated rings. The van der Waals surface area contributed by atoms with Crippen LogP contribution in [0.2, 0.25) is 0 Å². The molecule has 0 aliphatic rings. The van der Waals surface area contributed by atoms with Gasteiger partial charge < -0.3 is 5.32 Å². The van der Waals surface area contributed by atoms with Crippen LogP contribution in [0.3, 0.4) is 0 Å². The molecular formula is C15H19F2N3. The Balaban J connectivity index is 2.07. The highest BCUT2D eigenvalue weighted by molar-refractivity contribution is 5.21. The van der Waals surface area contributed by atoms with Gasteiger partial charge in [-0.05, 0) is 42.6 Å². The van der Waals surface area contributed by atoms with E-state index < -0.39 is 11.6 Å². The van der Waals surface area contributed by atoms with Gasteiger partial charge in [-0.25, -0.2) is 8.78 Å². The number of nitrogens with one attached hydrogen (secondary N) is 1. The molecule has 0 saturated carbocycles. The van der Waals surface area contributed by atoms with Crippen molar-refractivity contribution in [2.24, 2.45) is 7.05 Å². The Hall–Kier alpha value is -1.75. The lowest BCUT2D eigenvalue weighted by molar-refractivity contribution is 0.488. The monoisotopic (exact) mass is 279 g/mol. The number of hydrogen-bond acceptors (Lipinski definition) is 2. The molecule has 2 aromatic rings. The van der Waals surface area contributed by atoms with E-state index in [-0.39, 0.29) is 6.04 Å². The lowest BCUT2D eigenvalue weighted by atomic mass is 10.00. The van der Waals surface area contributed by atoms with Crippen molar-refractivity contribution in [3.8, 4) is 0 Å². The van der Waals surface area contributed by atoms with E-state index in [0.29, 0.717) is 0 Å². The number of halogens is 2. The number of benzene rings is 1. The van der Waals surface area contributed by atoms with Crippen molar-refractivity contribution < 1.29 is 8.78 Å². The van der Waals surface area contributed by atoms with Crippen LogP contribution in [0, 0.1) is 11.6 Å². The van der Waals surface area contributed by atoms with E-state index in [4.69, 9.17) is 0 Å². The maximum Gasteiger partial charge on any atom is 0.159 e. The number of aromatic nitrogens is 2. The summed E-state index contributed by atoms with van der Waals surface area (Å²) in [5, 5.41) is 7.43. The first-order valence-electron chi connectivity index (χ1n) is 6.76. The smallest absolute Gasteiger partial charge is 0.159 e. The third-order valence-electron chi connectivity index (χ3n) is 3.28. The summed E-state index contributed by atoms with van der Waals surface area (Å²) in [6.07, 6.45) is 5.44.